The third kappa shape index (κ3) is 3.96. The minimum atomic E-state index is -4.24. The largest absolute Gasteiger partial charge is 0.295 e. The van der Waals surface area contributed by atoms with Crippen molar-refractivity contribution in [3.8, 4) is 0 Å². The number of rotatable bonds is 6. The number of hydrogen-bond acceptors (Lipinski definition) is 2. The van der Waals surface area contributed by atoms with Crippen LogP contribution in [0, 0.1) is 0 Å². The van der Waals surface area contributed by atoms with Gasteiger partial charge in [0.1, 0.15) is 4.90 Å². The maximum atomic E-state index is 11.9. The highest BCUT2D eigenvalue weighted by Gasteiger charge is 2.23. The molecular weight excluding hydrogens is 399 g/mol. The third-order valence-electron chi connectivity index (χ3n) is 3.57. The Morgan fingerprint density at radius 1 is 1.14 bits per heavy atom. The van der Waals surface area contributed by atoms with Gasteiger partial charge in [-0.15, -0.1) is 0 Å². The minimum Gasteiger partial charge on any atom is -0.282 e. The van der Waals surface area contributed by atoms with Crippen LogP contribution in [0.2, 0.25) is 0 Å². The maximum Gasteiger partial charge on any atom is 0.295 e. The Labute approximate surface area is 139 Å². The van der Waals surface area contributed by atoms with E-state index in [-0.39, 0.29) is 8.82 Å². The van der Waals surface area contributed by atoms with Crippen LogP contribution in [0.15, 0.2) is 41.3 Å². The van der Waals surface area contributed by atoms with E-state index in [0.29, 0.717) is 10.9 Å². The molecular formula is C16H19IO3S. The van der Waals surface area contributed by atoms with Crippen molar-refractivity contribution in [2.75, 3.05) is 0 Å². The Kier molecular flexibility index (Phi) is 5.62. The van der Waals surface area contributed by atoms with E-state index in [4.69, 9.17) is 0 Å². The van der Waals surface area contributed by atoms with Gasteiger partial charge in [0, 0.05) is 9.31 Å². The van der Waals surface area contributed by atoms with E-state index in [2.05, 4.69) is 29.5 Å². The number of fused-ring (bicyclic) bond motifs is 1. The van der Waals surface area contributed by atoms with Gasteiger partial charge in [-0.3, -0.25) is 4.55 Å². The highest BCUT2D eigenvalue weighted by atomic mass is 127. The van der Waals surface area contributed by atoms with Crippen molar-refractivity contribution < 1.29 is 13.0 Å². The van der Waals surface area contributed by atoms with Crippen molar-refractivity contribution in [1.82, 2.24) is 0 Å². The Morgan fingerprint density at radius 2 is 1.86 bits per heavy atom. The third-order valence-corrected chi connectivity index (χ3v) is 5.83. The molecule has 0 aliphatic heterocycles. The highest BCUT2D eigenvalue weighted by molar-refractivity contribution is 14.1. The fourth-order valence-electron chi connectivity index (χ4n) is 2.52. The number of unbranched alkanes of at least 4 members (excludes halogenated alkanes) is 2. The molecule has 1 N–H and O–H groups in total. The normalized spacial score (nSPS) is 13.5. The van der Waals surface area contributed by atoms with Crippen LogP contribution in [-0.2, 0) is 10.1 Å². The smallest absolute Gasteiger partial charge is 0.282 e. The molecule has 5 heteroatoms. The molecule has 1 unspecified atom stereocenters. The van der Waals surface area contributed by atoms with Crippen molar-refractivity contribution in [1.29, 1.82) is 0 Å². The maximum absolute atomic E-state index is 11.9. The zero-order chi connectivity index (χ0) is 15.5. The molecule has 21 heavy (non-hydrogen) atoms. The fraction of sp³-hybridized carbons (Fsp3) is 0.375. The average molecular weight is 418 g/mol. The van der Waals surface area contributed by atoms with E-state index in [1.165, 1.54) is 0 Å². The van der Waals surface area contributed by atoms with Gasteiger partial charge in [-0.25, -0.2) is 0 Å². The van der Waals surface area contributed by atoms with Crippen LogP contribution >= 0.6 is 22.6 Å². The molecule has 2 rings (SSSR count). The van der Waals surface area contributed by atoms with Crippen LogP contribution < -0.4 is 0 Å². The first-order valence-corrected chi connectivity index (χ1v) is 9.77. The Balaban J connectivity index is 2.53. The van der Waals surface area contributed by atoms with Crippen molar-refractivity contribution in [2.24, 2.45) is 0 Å². The lowest BCUT2D eigenvalue weighted by atomic mass is 10.0. The van der Waals surface area contributed by atoms with E-state index < -0.39 is 10.1 Å². The molecule has 0 amide bonds. The van der Waals surface area contributed by atoms with Crippen molar-refractivity contribution in [3.63, 3.8) is 0 Å². The molecule has 0 aromatic heterocycles. The Hall–Kier alpha value is -0.660. The van der Waals surface area contributed by atoms with Crippen LogP contribution in [0.3, 0.4) is 0 Å². The first kappa shape index (κ1) is 16.7. The van der Waals surface area contributed by atoms with Crippen LogP contribution in [0.5, 0.6) is 0 Å². The SMILES string of the molecule is CCCCCC(I)c1ccc2ccccc2c1S(=O)(=O)O. The van der Waals surface area contributed by atoms with Gasteiger partial charge in [0.2, 0.25) is 0 Å². The van der Waals surface area contributed by atoms with Gasteiger partial charge in [0.25, 0.3) is 10.1 Å². The standard InChI is InChI=1S/C16H19IO3S/c1-2-3-4-9-15(17)14-11-10-12-7-5-6-8-13(12)16(14)21(18,19)20/h5-8,10-11,15H,2-4,9H2,1H3,(H,18,19,20). The van der Waals surface area contributed by atoms with Crippen molar-refractivity contribution in [2.45, 2.75) is 41.4 Å². The molecule has 2 aromatic rings. The van der Waals surface area contributed by atoms with Crippen molar-refractivity contribution >= 4 is 43.5 Å². The lowest BCUT2D eigenvalue weighted by Crippen LogP contribution is -2.06. The summed E-state index contributed by atoms with van der Waals surface area (Å²) in [5, 5.41) is 1.42. The van der Waals surface area contributed by atoms with Crippen LogP contribution in [0.1, 0.15) is 42.1 Å². The van der Waals surface area contributed by atoms with Gasteiger partial charge in [-0.05, 0) is 17.4 Å². The molecule has 114 valence electrons. The van der Waals surface area contributed by atoms with E-state index in [0.717, 1.165) is 31.1 Å². The van der Waals surface area contributed by atoms with E-state index >= 15 is 0 Å². The Morgan fingerprint density at radius 3 is 2.52 bits per heavy atom. The summed E-state index contributed by atoms with van der Waals surface area (Å²) < 4.78 is 33.4. The summed E-state index contributed by atoms with van der Waals surface area (Å²) in [5.41, 5.74) is 0.702. The van der Waals surface area contributed by atoms with Crippen LogP contribution in [-0.4, -0.2) is 13.0 Å². The lowest BCUT2D eigenvalue weighted by molar-refractivity contribution is 0.483. The van der Waals surface area contributed by atoms with Gasteiger partial charge in [0.15, 0.2) is 0 Å². The van der Waals surface area contributed by atoms with Gasteiger partial charge in [-0.2, -0.15) is 8.42 Å². The van der Waals surface area contributed by atoms with Gasteiger partial charge < -0.3 is 0 Å². The minimum absolute atomic E-state index is 0.0662. The molecule has 1 atom stereocenters. The zero-order valence-corrected chi connectivity index (χ0v) is 14.9. The van der Waals surface area contributed by atoms with Gasteiger partial charge >= 0.3 is 0 Å². The first-order chi connectivity index (χ1) is 9.95. The summed E-state index contributed by atoms with van der Waals surface area (Å²) in [5.74, 6) is 0. The topological polar surface area (TPSA) is 54.4 Å². The average Bonchev–Trinajstić information content (AvgIpc) is 2.45. The second-order valence-electron chi connectivity index (χ2n) is 5.14. The summed E-state index contributed by atoms with van der Waals surface area (Å²) in [6.07, 6.45) is 4.23. The van der Waals surface area contributed by atoms with Crippen molar-refractivity contribution in [3.05, 3.63) is 42.0 Å². The monoisotopic (exact) mass is 418 g/mol. The number of alkyl halides is 1. The molecule has 0 heterocycles. The summed E-state index contributed by atoms with van der Waals surface area (Å²) in [6, 6.07) is 11.0. The zero-order valence-electron chi connectivity index (χ0n) is 11.9. The highest BCUT2D eigenvalue weighted by Crippen LogP contribution is 2.37. The summed E-state index contributed by atoms with van der Waals surface area (Å²) in [6.45, 7) is 2.14. The predicted molar refractivity (Wildman–Crippen MR) is 94.7 cm³/mol. The second kappa shape index (κ2) is 7.07. The first-order valence-electron chi connectivity index (χ1n) is 7.08. The molecule has 3 nitrogen and oxygen atoms in total. The Bertz CT molecular complexity index is 725. The predicted octanol–water partition coefficient (Wildman–Crippen LogP) is 5.14. The number of benzene rings is 2. The molecule has 2 aromatic carbocycles. The number of hydrogen-bond donors (Lipinski definition) is 1. The summed E-state index contributed by atoms with van der Waals surface area (Å²) in [7, 11) is -4.24. The van der Waals surface area contributed by atoms with E-state index in [1.54, 1.807) is 12.1 Å². The van der Waals surface area contributed by atoms with Crippen LogP contribution in [0.4, 0.5) is 0 Å². The quantitative estimate of drug-likeness (QED) is 0.306. The van der Waals surface area contributed by atoms with E-state index in [9.17, 15) is 13.0 Å². The van der Waals surface area contributed by atoms with Gasteiger partial charge in [0.05, 0.1) is 0 Å². The van der Waals surface area contributed by atoms with Crippen LogP contribution in [0.25, 0.3) is 10.8 Å². The molecule has 0 saturated carbocycles. The number of halogens is 1. The molecule has 0 aliphatic rings. The fourth-order valence-corrected chi connectivity index (χ4v) is 4.67. The molecule has 0 saturated heterocycles. The second-order valence-corrected chi connectivity index (χ2v) is 8.01. The molecule has 0 radical (unpaired) electrons. The van der Waals surface area contributed by atoms with E-state index in [1.807, 2.05) is 24.3 Å². The molecule has 0 spiro atoms. The van der Waals surface area contributed by atoms with Gasteiger partial charge in [-0.1, -0.05) is 85.2 Å². The molecule has 0 bridgehead atoms. The molecule has 0 fully saturated rings. The summed E-state index contributed by atoms with van der Waals surface area (Å²) >= 11 is 2.27. The lowest BCUT2D eigenvalue weighted by Gasteiger charge is -2.15. The molecule has 0 aliphatic carbocycles. The summed E-state index contributed by atoms with van der Waals surface area (Å²) in [4.78, 5) is 0.0662.